The van der Waals surface area contributed by atoms with Gasteiger partial charge >= 0.3 is 5.97 Å². The molecule has 0 radical (unpaired) electrons. The summed E-state index contributed by atoms with van der Waals surface area (Å²) in [5, 5.41) is 17.2. The van der Waals surface area contributed by atoms with Gasteiger partial charge in [0.25, 0.3) is 0 Å². The Morgan fingerprint density at radius 2 is 1.50 bits per heavy atom. The Bertz CT molecular complexity index is 203. The van der Waals surface area contributed by atoms with E-state index in [1.807, 2.05) is 0 Å². The van der Waals surface area contributed by atoms with Crippen molar-refractivity contribution in [2.75, 3.05) is 18.1 Å². The van der Waals surface area contributed by atoms with E-state index < -0.39 is 12.0 Å². The molecule has 0 aliphatic carbocycles. The van der Waals surface area contributed by atoms with Crippen LogP contribution in [0.15, 0.2) is 0 Å². The average Bonchev–Trinajstić information content (AvgIpc) is 2.35. The number of hydrogen-bond donors (Lipinski definition) is 3. The Morgan fingerprint density at radius 3 is 2.00 bits per heavy atom. The highest BCUT2D eigenvalue weighted by molar-refractivity contribution is 7.99. The molecule has 0 aromatic carbocycles. The molecule has 0 heterocycles. The van der Waals surface area contributed by atoms with Crippen LogP contribution in [0.5, 0.6) is 0 Å². The number of hydrogen-bond acceptors (Lipinski definition) is 4. The summed E-state index contributed by atoms with van der Waals surface area (Å²) in [6.45, 7) is 0.315. The molecule has 5 heteroatoms. The highest BCUT2D eigenvalue weighted by atomic mass is 32.2. The Labute approximate surface area is 114 Å². The number of aliphatic hydroxyl groups excluding tert-OH is 1. The lowest BCUT2D eigenvalue weighted by Crippen LogP contribution is -2.32. The third-order valence-corrected chi connectivity index (χ3v) is 3.98. The first kappa shape index (κ1) is 17.7. The molecule has 0 fully saturated rings. The van der Waals surface area contributed by atoms with Crippen LogP contribution in [0.2, 0.25) is 0 Å². The summed E-state index contributed by atoms with van der Waals surface area (Å²) in [4.78, 5) is 10.5. The van der Waals surface area contributed by atoms with Gasteiger partial charge in [0.05, 0.1) is 0 Å². The number of carbonyl (C=O) groups is 1. The number of nitrogens with two attached hydrogens (primary N) is 1. The fourth-order valence-corrected chi connectivity index (χ4v) is 2.63. The van der Waals surface area contributed by atoms with Crippen molar-refractivity contribution in [3.8, 4) is 0 Å². The van der Waals surface area contributed by atoms with Crippen molar-refractivity contribution >= 4 is 17.7 Å². The molecule has 1 atom stereocenters. The SMILES string of the molecule is N[C@@H](CSCCCCCCCCCCO)C(=O)O. The average molecular weight is 277 g/mol. The molecule has 0 saturated carbocycles. The smallest absolute Gasteiger partial charge is 0.321 e. The van der Waals surface area contributed by atoms with E-state index >= 15 is 0 Å². The summed E-state index contributed by atoms with van der Waals surface area (Å²) in [5.74, 6) is 0.604. The van der Waals surface area contributed by atoms with Gasteiger partial charge in [-0.2, -0.15) is 11.8 Å². The zero-order chi connectivity index (χ0) is 13.6. The molecule has 0 bridgehead atoms. The molecule has 0 amide bonds. The van der Waals surface area contributed by atoms with Crippen molar-refractivity contribution in [3.63, 3.8) is 0 Å². The molecule has 0 saturated heterocycles. The van der Waals surface area contributed by atoms with Crippen molar-refractivity contribution in [2.45, 2.75) is 57.4 Å². The van der Waals surface area contributed by atoms with Crippen LogP contribution in [0.4, 0.5) is 0 Å². The van der Waals surface area contributed by atoms with E-state index in [0.717, 1.165) is 25.0 Å². The summed E-state index contributed by atoms with van der Waals surface area (Å²) >= 11 is 1.63. The van der Waals surface area contributed by atoms with Gasteiger partial charge in [-0.3, -0.25) is 4.79 Å². The molecular weight excluding hydrogens is 250 g/mol. The Morgan fingerprint density at radius 1 is 1.00 bits per heavy atom. The number of aliphatic hydroxyl groups is 1. The Balaban J connectivity index is 3.05. The van der Waals surface area contributed by atoms with Crippen molar-refractivity contribution < 1.29 is 15.0 Å². The minimum Gasteiger partial charge on any atom is -0.480 e. The first-order valence-corrected chi connectivity index (χ1v) is 8.01. The summed E-state index contributed by atoms with van der Waals surface area (Å²) in [6.07, 6.45) is 9.44. The minimum atomic E-state index is -0.912. The lowest BCUT2D eigenvalue weighted by atomic mass is 10.1. The molecule has 0 spiro atoms. The van der Waals surface area contributed by atoms with Crippen LogP contribution in [-0.4, -0.2) is 40.3 Å². The zero-order valence-electron chi connectivity index (χ0n) is 11.1. The van der Waals surface area contributed by atoms with Crippen molar-refractivity contribution in [1.82, 2.24) is 0 Å². The molecule has 0 aromatic heterocycles. The van der Waals surface area contributed by atoms with Gasteiger partial charge < -0.3 is 15.9 Å². The fraction of sp³-hybridized carbons (Fsp3) is 0.923. The predicted molar refractivity (Wildman–Crippen MR) is 77.0 cm³/mol. The van der Waals surface area contributed by atoms with Crippen LogP contribution in [0.25, 0.3) is 0 Å². The van der Waals surface area contributed by atoms with Crippen LogP contribution >= 0.6 is 11.8 Å². The van der Waals surface area contributed by atoms with Gasteiger partial charge in [-0.05, 0) is 18.6 Å². The van der Waals surface area contributed by atoms with Gasteiger partial charge in [0.2, 0.25) is 0 Å². The standard InChI is InChI=1S/C13H27NO3S/c14-12(13(16)17)11-18-10-8-6-4-2-1-3-5-7-9-15/h12,15H,1-11,14H2,(H,16,17)/t12-/m0/s1. The molecule has 0 rings (SSSR count). The van der Waals surface area contributed by atoms with Crippen molar-refractivity contribution in [1.29, 1.82) is 0 Å². The van der Waals surface area contributed by atoms with Gasteiger partial charge in [-0.1, -0.05) is 38.5 Å². The van der Waals surface area contributed by atoms with Crippen LogP contribution in [0.1, 0.15) is 51.4 Å². The van der Waals surface area contributed by atoms with Gasteiger partial charge in [0, 0.05) is 12.4 Å². The monoisotopic (exact) mass is 277 g/mol. The summed E-state index contributed by atoms with van der Waals surface area (Å²) in [7, 11) is 0. The summed E-state index contributed by atoms with van der Waals surface area (Å²) in [6, 6.07) is -0.721. The lowest BCUT2D eigenvalue weighted by Gasteiger charge is -2.05. The van der Waals surface area contributed by atoms with E-state index in [1.54, 1.807) is 11.8 Å². The maximum atomic E-state index is 10.5. The van der Waals surface area contributed by atoms with E-state index in [1.165, 1.54) is 32.1 Å². The second-order valence-corrected chi connectivity index (χ2v) is 5.72. The van der Waals surface area contributed by atoms with Crippen molar-refractivity contribution in [3.05, 3.63) is 0 Å². The van der Waals surface area contributed by atoms with Crippen LogP contribution < -0.4 is 5.73 Å². The highest BCUT2D eigenvalue weighted by Crippen LogP contribution is 2.11. The molecule has 4 nitrogen and oxygen atoms in total. The number of aliphatic carboxylic acids is 1. The van der Waals surface area contributed by atoms with Crippen LogP contribution in [0, 0.1) is 0 Å². The van der Waals surface area contributed by atoms with E-state index in [0.29, 0.717) is 12.4 Å². The highest BCUT2D eigenvalue weighted by Gasteiger charge is 2.10. The molecule has 18 heavy (non-hydrogen) atoms. The van der Waals surface area contributed by atoms with E-state index in [2.05, 4.69) is 0 Å². The first-order chi connectivity index (χ1) is 8.68. The number of carboxylic acid groups (broad SMARTS) is 1. The number of carboxylic acids is 1. The molecule has 0 unspecified atom stereocenters. The second-order valence-electron chi connectivity index (χ2n) is 4.57. The molecular formula is C13H27NO3S. The zero-order valence-corrected chi connectivity index (χ0v) is 12.0. The Hall–Kier alpha value is -0.260. The van der Waals surface area contributed by atoms with E-state index in [4.69, 9.17) is 15.9 Å². The fourth-order valence-electron chi connectivity index (χ4n) is 1.66. The van der Waals surface area contributed by atoms with Gasteiger partial charge in [-0.25, -0.2) is 0 Å². The normalized spacial score (nSPS) is 12.6. The topological polar surface area (TPSA) is 83.5 Å². The third kappa shape index (κ3) is 12.2. The number of unbranched alkanes of at least 4 members (excludes halogenated alkanes) is 7. The number of thioether (sulfide) groups is 1. The van der Waals surface area contributed by atoms with Crippen LogP contribution in [-0.2, 0) is 4.79 Å². The maximum Gasteiger partial charge on any atom is 0.321 e. The molecule has 4 N–H and O–H groups in total. The van der Waals surface area contributed by atoms with E-state index in [-0.39, 0.29) is 0 Å². The maximum absolute atomic E-state index is 10.5. The Kier molecular flexibility index (Phi) is 13.0. The quantitative estimate of drug-likeness (QED) is 0.450. The van der Waals surface area contributed by atoms with Crippen molar-refractivity contribution in [2.24, 2.45) is 5.73 Å². The second kappa shape index (κ2) is 13.2. The largest absolute Gasteiger partial charge is 0.480 e. The summed E-state index contributed by atoms with van der Waals surface area (Å²) < 4.78 is 0. The molecule has 0 aliphatic rings. The van der Waals surface area contributed by atoms with Gasteiger partial charge in [0.15, 0.2) is 0 Å². The van der Waals surface area contributed by atoms with Crippen LogP contribution in [0.3, 0.4) is 0 Å². The molecule has 108 valence electrons. The van der Waals surface area contributed by atoms with Gasteiger partial charge in [0.1, 0.15) is 6.04 Å². The predicted octanol–water partition coefficient (Wildman–Crippen LogP) is 2.24. The van der Waals surface area contributed by atoms with E-state index in [9.17, 15) is 4.79 Å². The lowest BCUT2D eigenvalue weighted by molar-refractivity contribution is -0.137. The molecule has 0 aromatic rings. The van der Waals surface area contributed by atoms with Gasteiger partial charge in [-0.15, -0.1) is 0 Å². The number of rotatable bonds is 13. The third-order valence-electron chi connectivity index (χ3n) is 2.81. The first-order valence-electron chi connectivity index (χ1n) is 6.85. The minimum absolute atomic E-state index is 0.315. The summed E-state index contributed by atoms with van der Waals surface area (Å²) in [5.41, 5.74) is 5.40. The molecule has 0 aliphatic heterocycles.